The molecule has 0 saturated carbocycles. The van der Waals surface area contributed by atoms with E-state index in [-0.39, 0.29) is 5.88 Å². The summed E-state index contributed by atoms with van der Waals surface area (Å²) in [5.41, 5.74) is 0.00962. The summed E-state index contributed by atoms with van der Waals surface area (Å²) in [6.07, 6.45) is 0. The highest BCUT2D eigenvalue weighted by Crippen LogP contribution is 2.31. The fraction of sp³-hybridized carbons (Fsp3) is 0.0833. The van der Waals surface area contributed by atoms with Crippen LogP contribution in [-0.4, -0.2) is 26.9 Å². The Hall–Kier alpha value is -2.35. The first-order chi connectivity index (χ1) is 9.67. The number of H-pyrrole nitrogens is 1. The Bertz CT molecular complexity index is 827. The van der Waals surface area contributed by atoms with Gasteiger partial charge in [0.1, 0.15) is 11.5 Å². The lowest BCUT2D eigenvalue weighted by molar-refractivity contribution is 0.410. The van der Waals surface area contributed by atoms with Crippen LogP contribution in [0.25, 0.3) is 5.65 Å². The highest BCUT2D eigenvalue weighted by Gasteiger charge is 2.08. The van der Waals surface area contributed by atoms with E-state index in [0.717, 1.165) is 8.99 Å². The zero-order valence-electron chi connectivity index (χ0n) is 10.3. The van der Waals surface area contributed by atoms with Crippen molar-refractivity contribution >= 4 is 21.6 Å². The smallest absolute Gasteiger partial charge is 0.364 e. The molecule has 0 bridgehead atoms. The standard InChI is InChI=1S/C12H9BrN4O3/c1-19-7-2-3-9(8(13)6-7)20-11-5-4-10-14-15-12(18)17(10)16-11/h2-6H,1H3,(H,15,18). The summed E-state index contributed by atoms with van der Waals surface area (Å²) in [6, 6.07) is 8.55. The molecule has 8 heteroatoms. The van der Waals surface area contributed by atoms with Crippen molar-refractivity contribution in [1.29, 1.82) is 0 Å². The molecule has 1 aromatic carbocycles. The molecule has 0 amide bonds. The van der Waals surface area contributed by atoms with Crippen LogP contribution in [0.1, 0.15) is 0 Å². The van der Waals surface area contributed by atoms with Crippen molar-refractivity contribution in [2.75, 3.05) is 7.11 Å². The third-order valence-corrected chi connectivity index (χ3v) is 3.22. The average Bonchev–Trinajstić information content (AvgIpc) is 2.82. The second-order valence-electron chi connectivity index (χ2n) is 3.87. The van der Waals surface area contributed by atoms with Gasteiger partial charge in [-0.2, -0.15) is 9.61 Å². The quantitative estimate of drug-likeness (QED) is 0.790. The maximum absolute atomic E-state index is 11.4. The van der Waals surface area contributed by atoms with Gasteiger partial charge in [0.05, 0.1) is 11.6 Å². The zero-order valence-corrected chi connectivity index (χ0v) is 11.9. The van der Waals surface area contributed by atoms with Gasteiger partial charge in [0.25, 0.3) is 0 Å². The number of methoxy groups -OCH3 is 1. The minimum absolute atomic E-state index is 0.284. The van der Waals surface area contributed by atoms with E-state index in [2.05, 4.69) is 31.2 Å². The lowest BCUT2D eigenvalue weighted by Gasteiger charge is -2.08. The molecule has 1 N–H and O–H groups in total. The van der Waals surface area contributed by atoms with Crippen LogP contribution >= 0.6 is 15.9 Å². The van der Waals surface area contributed by atoms with Crippen LogP contribution in [0.3, 0.4) is 0 Å². The number of fused-ring (bicyclic) bond motifs is 1. The summed E-state index contributed by atoms with van der Waals surface area (Å²) in [5.74, 6) is 1.56. The number of nitrogens with one attached hydrogen (secondary N) is 1. The van der Waals surface area contributed by atoms with Crippen LogP contribution in [0, 0.1) is 0 Å². The minimum atomic E-state index is -0.417. The van der Waals surface area contributed by atoms with Gasteiger partial charge in [0.15, 0.2) is 5.65 Å². The monoisotopic (exact) mass is 336 g/mol. The Kier molecular flexibility index (Phi) is 3.15. The maximum Gasteiger partial charge on any atom is 0.364 e. The Morgan fingerprint density at radius 2 is 2.15 bits per heavy atom. The first-order valence-electron chi connectivity index (χ1n) is 5.63. The number of aromatic nitrogens is 4. The third kappa shape index (κ3) is 2.25. The summed E-state index contributed by atoms with van der Waals surface area (Å²) in [4.78, 5) is 11.4. The van der Waals surface area contributed by atoms with Gasteiger partial charge in [-0.05, 0) is 40.2 Å². The van der Waals surface area contributed by atoms with Crippen LogP contribution in [0.5, 0.6) is 17.4 Å². The normalized spacial score (nSPS) is 10.7. The first kappa shape index (κ1) is 12.7. The van der Waals surface area contributed by atoms with E-state index >= 15 is 0 Å². The van der Waals surface area contributed by atoms with Gasteiger partial charge in [-0.15, -0.1) is 5.10 Å². The predicted molar refractivity (Wildman–Crippen MR) is 74.4 cm³/mol. The molecule has 102 valence electrons. The molecular weight excluding hydrogens is 328 g/mol. The summed E-state index contributed by atoms with van der Waals surface area (Å²) < 4.78 is 12.6. The molecule has 0 spiro atoms. The van der Waals surface area contributed by atoms with E-state index in [9.17, 15) is 4.79 Å². The van der Waals surface area contributed by atoms with Crippen molar-refractivity contribution in [3.05, 3.63) is 45.3 Å². The molecule has 3 aromatic rings. The van der Waals surface area contributed by atoms with E-state index in [1.54, 1.807) is 37.4 Å². The van der Waals surface area contributed by atoms with Gasteiger partial charge in [0.2, 0.25) is 5.88 Å². The topological polar surface area (TPSA) is 81.5 Å². The number of rotatable bonds is 3. The predicted octanol–water partition coefficient (Wildman–Crippen LogP) is 1.98. The van der Waals surface area contributed by atoms with Crippen molar-refractivity contribution in [2.45, 2.75) is 0 Å². The molecule has 0 radical (unpaired) electrons. The molecule has 0 aliphatic rings. The summed E-state index contributed by atoms with van der Waals surface area (Å²) in [5, 5.41) is 10.1. The van der Waals surface area contributed by atoms with E-state index in [1.807, 2.05) is 0 Å². The third-order valence-electron chi connectivity index (χ3n) is 2.60. The minimum Gasteiger partial charge on any atom is -0.497 e. The zero-order chi connectivity index (χ0) is 14.1. The van der Waals surface area contributed by atoms with Gasteiger partial charge in [-0.3, -0.25) is 0 Å². The Labute approximate surface area is 121 Å². The van der Waals surface area contributed by atoms with Crippen LogP contribution in [0.15, 0.2) is 39.6 Å². The second kappa shape index (κ2) is 4.97. The van der Waals surface area contributed by atoms with E-state index in [0.29, 0.717) is 17.1 Å². The fourth-order valence-corrected chi connectivity index (χ4v) is 2.08. The van der Waals surface area contributed by atoms with Crippen LogP contribution in [0.2, 0.25) is 0 Å². The SMILES string of the molecule is COc1ccc(Oc2ccc3n[nH]c(=O)n3n2)c(Br)c1. The van der Waals surface area contributed by atoms with Gasteiger partial charge in [-0.1, -0.05) is 0 Å². The molecule has 3 rings (SSSR count). The van der Waals surface area contributed by atoms with Gasteiger partial charge in [-0.25, -0.2) is 9.89 Å². The Morgan fingerprint density at radius 3 is 2.90 bits per heavy atom. The van der Waals surface area contributed by atoms with Crippen molar-refractivity contribution in [2.24, 2.45) is 0 Å². The van der Waals surface area contributed by atoms with Crippen molar-refractivity contribution in [1.82, 2.24) is 19.8 Å². The number of nitrogens with zero attached hydrogens (tertiary/aromatic N) is 3. The molecule has 0 saturated heterocycles. The lowest BCUT2D eigenvalue weighted by Crippen LogP contribution is -2.12. The van der Waals surface area contributed by atoms with Crippen LogP contribution in [0.4, 0.5) is 0 Å². The molecule has 2 aromatic heterocycles. The highest BCUT2D eigenvalue weighted by atomic mass is 79.9. The van der Waals surface area contributed by atoms with Crippen molar-refractivity contribution < 1.29 is 9.47 Å². The van der Waals surface area contributed by atoms with E-state index in [4.69, 9.17) is 9.47 Å². The molecule has 20 heavy (non-hydrogen) atoms. The average molecular weight is 337 g/mol. The van der Waals surface area contributed by atoms with Gasteiger partial charge in [0, 0.05) is 6.07 Å². The van der Waals surface area contributed by atoms with Gasteiger partial charge < -0.3 is 9.47 Å². The van der Waals surface area contributed by atoms with E-state index < -0.39 is 5.69 Å². The molecule has 7 nitrogen and oxygen atoms in total. The molecule has 0 aliphatic carbocycles. The highest BCUT2D eigenvalue weighted by molar-refractivity contribution is 9.10. The number of ether oxygens (including phenoxy) is 2. The second-order valence-corrected chi connectivity index (χ2v) is 4.72. The molecular formula is C12H9BrN4O3. The van der Waals surface area contributed by atoms with Crippen LogP contribution in [-0.2, 0) is 0 Å². The summed E-state index contributed by atoms with van der Waals surface area (Å²) in [6.45, 7) is 0. The van der Waals surface area contributed by atoms with Crippen molar-refractivity contribution in [3.63, 3.8) is 0 Å². The Morgan fingerprint density at radius 1 is 1.30 bits per heavy atom. The molecule has 2 heterocycles. The lowest BCUT2D eigenvalue weighted by atomic mass is 10.3. The Balaban J connectivity index is 1.96. The number of halogens is 1. The van der Waals surface area contributed by atoms with Gasteiger partial charge >= 0.3 is 5.69 Å². The number of hydrogen-bond donors (Lipinski definition) is 1. The molecule has 0 aliphatic heterocycles. The van der Waals surface area contributed by atoms with E-state index in [1.165, 1.54) is 0 Å². The molecule has 0 atom stereocenters. The largest absolute Gasteiger partial charge is 0.497 e. The molecule has 0 unspecified atom stereocenters. The summed E-state index contributed by atoms with van der Waals surface area (Å²) >= 11 is 3.38. The molecule has 0 fully saturated rings. The maximum atomic E-state index is 11.4. The number of aromatic amines is 1. The number of benzene rings is 1. The van der Waals surface area contributed by atoms with Crippen molar-refractivity contribution in [3.8, 4) is 17.4 Å². The number of hydrogen-bond acceptors (Lipinski definition) is 5. The first-order valence-corrected chi connectivity index (χ1v) is 6.42. The fourth-order valence-electron chi connectivity index (χ4n) is 1.64. The van der Waals surface area contributed by atoms with Crippen LogP contribution < -0.4 is 15.2 Å². The summed E-state index contributed by atoms with van der Waals surface area (Å²) in [7, 11) is 1.59.